The molecule has 3 aromatic carbocycles. The minimum Gasteiger partial charge on any atom is -0.507 e. The van der Waals surface area contributed by atoms with Crippen molar-refractivity contribution >= 4 is 50.8 Å². The first-order valence-electron chi connectivity index (χ1n) is 9.08. The van der Waals surface area contributed by atoms with E-state index in [1.54, 1.807) is 36.4 Å². The number of fused-ring (bicyclic) bond motifs is 2. The number of aromatic nitrogens is 1. The Morgan fingerprint density at radius 3 is 2.62 bits per heavy atom. The second-order valence-electron chi connectivity index (χ2n) is 6.64. The molecule has 0 unspecified atom stereocenters. The number of phenolic OH excluding ortho intramolecular Hbond substituents is 1. The zero-order valence-corrected chi connectivity index (χ0v) is 16.1. The molecule has 0 spiro atoms. The van der Waals surface area contributed by atoms with Crippen molar-refractivity contribution in [1.82, 2.24) is 10.3 Å². The molecule has 0 aliphatic heterocycles. The summed E-state index contributed by atoms with van der Waals surface area (Å²) < 4.78 is 0. The highest BCUT2D eigenvalue weighted by Crippen LogP contribution is 2.29. The Kier molecular flexibility index (Phi) is 5.10. The third-order valence-electron chi connectivity index (χ3n) is 4.76. The fraction of sp³-hybridized carbons (Fsp3) is 0.0909. The summed E-state index contributed by atoms with van der Waals surface area (Å²) in [5.74, 6) is -1.37. The number of anilines is 1. The van der Waals surface area contributed by atoms with Gasteiger partial charge in [0.2, 0.25) is 0 Å². The van der Waals surface area contributed by atoms with Crippen LogP contribution in [0.4, 0.5) is 5.69 Å². The van der Waals surface area contributed by atoms with Crippen molar-refractivity contribution in [2.24, 2.45) is 0 Å². The lowest BCUT2D eigenvalue weighted by molar-refractivity contribution is -0.136. The fourth-order valence-corrected chi connectivity index (χ4v) is 3.50. The van der Waals surface area contributed by atoms with Gasteiger partial charge in [-0.3, -0.25) is 9.59 Å². The predicted octanol–water partition coefficient (Wildman–Crippen LogP) is 3.98. The molecule has 4 rings (SSSR count). The van der Waals surface area contributed by atoms with Gasteiger partial charge in [0.15, 0.2) is 0 Å². The Morgan fingerprint density at radius 2 is 1.76 bits per heavy atom. The summed E-state index contributed by atoms with van der Waals surface area (Å²) in [6.07, 6.45) is 2.43. The number of hydrogen-bond donors (Lipinski definition) is 4. The van der Waals surface area contributed by atoms with Gasteiger partial charge in [-0.05, 0) is 42.3 Å². The largest absolute Gasteiger partial charge is 0.507 e. The van der Waals surface area contributed by atoms with Crippen LogP contribution in [-0.4, -0.2) is 28.4 Å². The number of aromatic amines is 1. The van der Waals surface area contributed by atoms with Gasteiger partial charge in [-0.1, -0.05) is 35.9 Å². The third-order valence-corrected chi connectivity index (χ3v) is 5.00. The van der Waals surface area contributed by atoms with Gasteiger partial charge in [-0.15, -0.1) is 0 Å². The van der Waals surface area contributed by atoms with Crippen LogP contribution in [0.25, 0.3) is 21.7 Å². The van der Waals surface area contributed by atoms with E-state index >= 15 is 0 Å². The first kappa shape index (κ1) is 18.8. The second kappa shape index (κ2) is 7.85. The number of carbonyl (C=O) groups is 2. The normalized spacial score (nSPS) is 10.9. The molecular weight excluding hydrogens is 390 g/mol. The average molecular weight is 408 g/mol. The molecule has 29 heavy (non-hydrogen) atoms. The van der Waals surface area contributed by atoms with E-state index in [2.05, 4.69) is 15.6 Å². The average Bonchev–Trinajstić information content (AvgIpc) is 3.11. The Labute approximate surface area is 171 Å². The quantitative estimate of drug-likeness (QED) is 0.385. The van der Waals surface area contributed by atoms with Crippen LogP contribution in [-0.2, 0) is 16.0 Å². The number of phenols is 1. The molecule has 4 N–H and O–H groups in total. The highest BCUT2D eigenvalue weighted by Gasteiger charge is 2.15. The van der Waals surface area contributed by atoms with Crippen LogP contribution >= 0.6 is 11.6 Å². The molecule has 0 aliphatic carbocycles. The summed E-state index contributed by atoms with van der Waals surface area (Å²) in [6.45, 7) is 0.308. The van der Waals surface area contributed by atoms with E-state index in [-0.39, 0.29) is 5.75 Å². The summed E-state index contributed by atoms with van der Waals surface area (Å²) in [6, 6.07) is 15.7. The number of nitrogens with one attached hydrogen (secondary N) is 3. The zero-order valence-electron chi connectivity index (χ0n) is 15.3. The molecule has 146 valence electrons. The van der Waals surface area contributed by atoms with Gasteiger partial charge in [0.05, 0.1) is 0 Å². The maximum atomic E-state index is 12.3. The van der Waals surface area contributed by atoms with E-state index in [4.69, 9.17) is 11.6 Å². The van der Waals surface area contributed by atoms with Crippen LogP contribution < -0.4 is 10.6 Å². The molecule has 7 heteroatoms. The Hall–Kier alpha value is -3.51. The number of carbonyl (C=O) groups excluding carboxylic acids is 2. The monoisotopic (exact) mass is 407 g/mol. The van der Waals surface area contributed by atoms with Crippen LogP contribution in [0, 0.1) is 0 Å². The number of H-pyrrole nitrogens is 1. The lowest BCUT2D eigenvalue weighted by atomic mass is 10.1. The second-order valence-corrected chi connectivity index (χ2v) is 7.08. The highest BCUT2D eigenvalue weighted by atomic mass is 35.5. The number of halogens is 1. The smallest absolute Gasteiger partial charge is 0.313 e. The van der Waals surface area contributed by atoms with E-state index in [0.29, 0.717) is 34.4 Å². The van der Waals surface area contributed by atoms with Gasteiger partial charge in [0.25, 0.3) is 0 Å². The standard InChI is InChI=1S/C22H18ClN3O3/c23-14-7-8-18-17(11-14)13(12-25-18)9-10-24-21(28)22(29)26-19-5-1-4-16-15(19)3-2-6-20(16)27/h1-8,11-12,25,27H,9-10H2,(H,24,28)(H,26,29). The Morgan fingerprint density at radius 1 is 0.966 bits per heavy atom. The highest BCUT2D eigenvalue weighted by molar-refractivity contribution is 6.40. The number of amides is 2. The van der Waals surface area contributed by atoms with Gasteiger partial charge >= 0.3 is 11.8 Å². The van der Waals surface area contributed by atoms with E-state index in [1.807, 2.05) is 24.4 Å². The minimum atomic E-state index is -0.761. The molecule has 0 bridgehead atoms. The van der Waals surface area contributed by atoms with Crippen molar-refractivity contribution in [3.8, 4) is 5.75 Å². The van der Waals surface area contributed by atoms with E-state index in [0.717, 1.165) is 16.5 Å². The summed E-state index contributed by atoms with van der Waals surface area (Å²) >= 11 is 6.05. The summed E-state index contributed by atoms with van der Waals surface area (Å²) in [7, 11) is 0. The number of benzene rings is 3. The zero-order chi connectivity index (χ0) is 20.4. The molecule has 0 fully saturated rings. The van der Waals surface area contributed by atoms with Gasteiger partial charge in [-0.25, -0.2) is 0 Å². The van der Waals surface area contributed by atoms with Crippen molar-refractivity contribution in [2.75, 3.05) is 11.9 Å². The molecule has 0 radical (unpaired) electrons. The van der Waals surface area contributed by atoms with Crippen molar-refractivity contribution in [3.63, 3.8) is 0 Å². The van der Waals surface area contributed by atoms with Gasteiger partial charge in [0.1, 0.15) is 5.75 Å². The number of rotatable bonds is 4. The maximum absolute atomic E-state index is 12.3. The third kappa shape index (κ3) is 3.88. The molecule has 0 saturated heterocycles. The number of aromatic hydroxyl groups is 1. The van der Waals surface area contributed by atoms with Crippen LogP contribution in [0.1, 0.15) is 5.56 Å². The minimum absolute atomic E-state index is 0.113. The molecular formula is C22H18ClN3O3. The van der Waals surface area contributed by atoms with Crippen LogP contribution in [0.5, 0.6) is 5.75 Å². The summed E-state index contributed by atoms with van der Waals surface area (Å²) in [5.41, 5.74) is 2.44. The Bertz CT molecular complexity index is 1230. The lowest BCUT2D eigenvalue weighted by Gasteiger charge is -2.10. The van der Waals surface area contributed by atoms with Crippen LogP contribution in [0.3, 0.4) is 0 Å². The Balaban J connectivity index is 1.39. The molecule has 1 aromatic heterocycles. The topological polar surface area (TPSA) is 94.2 Å². The summed E-state index contributed by atoms with van der Waals surface area (Å²) in [5, 5.41) is 18.1. The van der Waals surface area contributed by atoms with Crippen molar-refractivity contribution < 1.29 is 14.7 Å². The van der Waals surface area contributed by atoms with E-state index in [9.17, 15) is 14.7 Å². The first-order valence-corrected chi connectivity index (χ1v) is 9.46. The van der Waals surface area contributed by atoms with Crippen molar-refractivity contribution in [2.45, 2.75) is 6.42 Å². The first-order chi connectivity index (χ1) is 14.0. The molecule has 1 heterocycles. The SMILES string of the molecule is O=C(NCCc1c[nH]c2ccc(Cl)cc12)C(=O)Nc1cccc2c(O)cccc12. The molecule has 0 aliphatic rings. The summed E-state index contributed by atoms with van der Waals surface area (Å²) in [4.78, 5) is 27.6. The molecule has 0 saturated carbocycles. The van der Waals surface area contributed by atoms with Crippen LogP contribution in [0.15, 0.2) is 60.8 Å². The lowest BCUT2D eigenvalue weighted by Crippen LogP contribution is -2.36. The van der Waals surface area contributed by atoms with E-state index < -0.39 is 11.8 Å². The molecule has 0 atom stereocenters. The fourth-order valence-electron chi connectivity index (χ4n) is 3.33. The predicted molar refractivity (Wildman–Crippen MR) is 114 cm³/mol. The van der Waals surface area contributed by atoms with Gasteiger partial charge in [-0.2, -0.15) is 0 Å². The molecule has 2 amide bonds. The number of hydrogen-bond acceptors (Lipinski definition) is 3. The van der Waals surface area contributed by atoms with Crippen molar-refractivity contribution in [3.05, 3.63) is 71.4 Å². The van der Waals surface area contributed by atoms with Gasteiger partial charge < -0.3 is 20.7 Å². The van der Waals surface area contributed by atoms with E-state index in [1.165, 1.54) is 0 Å². The maximum Gasteiger partial charge on any atom is 0.313 e. The van der Waals surface area contributed by atoms with Crippen LogP contribution in [0.2, 0.25) is 5.02 Å². The van der Waals surface area contributed by atoms with Crippen molar-refractivity contribution in [1.29, 1.82) is 0 Å². The molecule has 6 nitrogen and oxygen atoms in total. The molecule has 4 aromatic rings. The van der Waals surface area contributed by atoms with Gasteiger partial charge in [0, 0.05) is 45.1 Å².